The topological polar surface area (TPSA) is 68.2 Å². The first-order valence-corrected chi connectivity index (χ1v) is 13.7. The van der Waals surface area contributed by atoms with Gasteiger partial charge in [0, 0.05) is 31.4 Å². The van der Waals surface area contributed by atoms with E-state index in [9.17, 15) is 8.76 Å². The molecule has 0 aromatic carbocycles. The zero-order valence-electron chi connectivity index (χ0n) is 14.6. The summed E-state index contributed by atoms with van der Waals surface area (Å²) in [6.07, 6.45) is 0. The number of hydrogen-bond donors (Lipinski definition) is 1. The lowest BCUT2D eigenvalue weighted by atomic mass is 10.3. The summed E-state index contributed by atoms with van der Waals surface area (Å²) in [5.41, 5.74) is -1.98. The molecule has 0 radical (unpaired) electrons. The molecule has 0 aromatic rings. The molecule has 0 aliphatic carbocycles. The molecular weight excluding hydrogens is 403 g/mol. The van der Waals surface area contributed by atoms with Crippen LogP contribution < -0.4 is 0 Å². The van der Waals surface area contributed by atoms with Gasteiger partial charge in [0.15, 0.2) is 0 Å². The van der Waals surface area contributed by atoms with Crippen molar-refractivity contribution in [2.75, 3.05) is 25.1 Å². The number of halogens is 1. The first-order chi connectivity index (χ1) is 10.4. The van der Waals surface area contributed by atoms with Crippen molar-refractivity contribution >= 4 is 48.6 Å². The van der Waals surface area contributed by atoms with E-state index in [-0.39, 0.29) is 12.1 Å². The summed E-state index contributed by atoms with van der Waals surface area (Å²) < 4.78 is 36.9. The first-order valence-electron chi connectivity index (χ1n) is 6.86. The molecule has 0 aliphatic rings. The Morgan fingerprint density at radius 2 is 1.65 bits per heavy atom. The summed E-state index contributed by atoms with van der Waals surface area (Å²) in [6, 6.07) is -0.276. The standard InChI is InChI=1S/C6H15FNO3P.C5H13O2PS3/c1-5(2)8(6(3)4)11-12(7,9)10;1-4-10-5-11-8(9,6-2)7-3/h5-6H,1-4H3,(H,9,10);4-5H2,1-3H3. The van der Waals surface area contributed by atoms with Crippen molar-refractivity contribution in [2.24, 2.45) is 0 Å². The zero-order chi connectivity index (χ0) is 18.7. The number of rotatable bonds is 10. The lowest BCUT2D eigenvalue weighted by Crippen LogP contribution is -2.35. The normalized spacial score (nSPS) is 14.8. The predicted molar refractivity (Wildman–Crippen MR) is 103 cm³/mol. The van der Waals surface area contributed by atoms with E-state index < -0.39 is 13.6 Å². The van der Waals surface area contributed by atoms with Gasteiger partial charge in [0.25, 0.3) is 0 Å². The Morgan fingerprint density at radius 3 is 1.87 bits per heavy atom. The molecule has 23 heavy (non-hydrogen) atoms. The molecule has 6 nitrogen and oxygen atoms in total. The highest BCUT2D eigenvalue weighted by Gasteiger charge is 2.26. The minimum Gasteiger partial charge on any atom is -0.325 e. The quantitative estimate of drug-likeness (QED) is 0.221. The average Bonchev–Trinajstić information content (AvgIpc) is 2.44. The van der Waals surface area contributed by atoms with Gasteiger partial charge in [-0.25, -0.2) is 4.57 Å². The van der Waals surface area contributed by atoms with Crippen molar-refractivity contribution in [3.8, 4) is 0 Å². The van der Waals surface area contributed by atoms with E-state index in [4.69, 9.17) is 25.7 Å². The Hall–Kier alpha value is 1.31. The summed E-state index contributed by atoms with van der Waals surface area (Å²) in [5.74, 6) is 1.11. The fourth-order valence-corrected chi connectivity index (χ4v) is 7.34. The fraction of sp³-hybridized carbons (Fsp3) is 1.00. The highest BCUT2D eigenvalue weighted by Crippen LogP contribution is 2.60. The van der Waals surface area contributed by atoms with E-state index in [2.05, 4.69) is 11.5 Å². The van der Waals surface area contributed by atoms with Gasteiger partial charge in [0.2, 0.25) is 5.69 Å². The number of hydrogen-bond acceptors (Lipinski definition) is 8. The minimum absolute atomic E-state index is 0.138. The van der Waals surface area contributed by atoms with Crippen LogP contribution in [0.1, 0.15) is 34.6 Å². The van der Waals surface area contributed by atoms with E-state index in [0.717, 1.165) is 15.9 Å². The van der Waals surface area contributed by atoms with Crippen LogP contribution in [0.5, 0.6) is 0 Å². The molecule has 1 unspecified atom stereocenters. The van der Waals surface area contributed by atoms with Gasteiger partial charge in [-0.3, -0.25) is 4.89 Å². The molecule has 0 rings (SSSR count). The van der Waals surface area contributed by atoms with Gasteiger partial charge >= 0.3 is 7.91 Å². The van der Waals surface area contributed by atoms with Crippen LogP contribution in [0.15, 0.2) is 0 Å². The molecule has 0 saturated heterocycles. The predicted octanol–water partition coefficient (Wildman–Crippen LogP) is 5.05. The van der Waals surface area contributed by atoms with E-state index >= 15 is 0 Å². The summed E-state index contributed by atoms with van der Waals surface area (Å²) >= 11 is 8.56. The summed E-state index contributed by atoms with van der Waals surface area (Å²) in [5, 5.41) is 2.11. The van der Waals surface area contributed by atoms with E-state index in [1.165, 1.54) is 0 Å². The van der Waals surface area contributed by atoms with Crippen LogP contribution in [-0.2, 0) is 30.0 Å². The van der Waals surface area contributed by atoms with Gasteiger partial charge < -0.3 is 9.05 Å². The van der Waals surface area contributed by atoms with Gasteiger partial charge in [-0.1, -0.05) is 18.3 Å². The van der Waals surface area contributed by atoms with Gasteiger partial charge in [0.05, 0.1) is 0 Å². The summed E-state index contributed by atoms with van der Waals surface area (Å²) in [4.78, 5) is 8.31. The van der Waals surface area contributed by atoms with Crippen LogP contribution in [-0.4, -0.2) is 47.1 Å². The third kappa shape index (κ3) is 15.3. The first kappa shape index (κ1) is 26.5. The second-order valence-corrected chi connectivity index (χ2v) is 13.9. The van der Waals surface area contributed by atoms with Crippen molar-refractivity contribution in [2.45, 2.75) is 46.7 Å². The maximum atomic E-state index is 12.2. The second kappa shape index (κ2) is 13.5. The fourth-order valence-electron chi connectivity index (χ4n) is 1.27. The van der Waals surface area contributed by atoms with Gasteiger partial charge in [-0.2, -0.15) is 21.4 Å². The van der Waals surface area contributed by atoms with Crippen LogP contribution in [0.3, 0.4) is 0 Å². The number of nitrogens with zero attached hydrogens (tertiary/aromatic N) is 1. The third-order valence-electron chi connectivity index (χ3n) is 2.16. The smallest absolute Gasteiger partial charge is 0.325 e. The molecule has 142 valence electrons. The largest absolute Gasteiger partial charge is 0.527 e. The van der Waals surface area contributed by atoms with Crippen LogP contribution in [0.2, 0.25) is 0 Å². The Kier molecular flexibility index (Phi) is 15.6. The molecule has 0 spiro atoms. The molecule has 1 N–H and O–H groups in total. The van der Waals surface area contributed by atoms with Crippen molar-refractivity contribution in [3.05, 3.63) is 0 Å². The van der Waals surface area contributed by atoms with Gasteiger partial charge in [-0.05, 0) is 45.3 Å². The highest BCUT2D eigenvalue weighted by molar-refractivity contribution is 8.69. The zero-order valence-corrected chi connectivity index (χ0v) is 18.8. The molecule has 0 amide bonds. The monoisotopic (exact) mass is 431 g/mol. The highest BCUT2D eigenvalue weighted by atomic mass is 32.9. The molecular formula is C11H28FNO5P2S3. The Bertz CT molecular complexity index is 382. The SMILES string of the molecule is CC(C)N(OP(=O)(O)F)C(C)C.CCSCSP(=S)(OC)OC. The van der Waals surface area contributed by atoms with Crippen molar-refractivity contribution in [1.29, 1.82) is 0 Å². The van der Waals surface area contributed by atoms with Gasteiger partial charge in [0.1, 0.15) is 0 Å². The number of hydroxylamine groups is 2. The molecule has 0 saturated carbocycles. The lowest BCUT2D eigenvalue weighted by molar-refractivity contribution is -0.124. The van der Waals surface area contributed by atoms with Crippen LogP contribution >= 0.6 is 36.7 Å². The van der Waals surface area contributed by atoms with Crippen LogP contribution in [0.4, 0.5) is 4.20 Å². The Labute approximate surface area is 152 Å². The van der Waals surface area contributed by atoms with Crippen molar-refractivity contribution in [1.82, 2.24) is 5.06 Å². The molecule has 0 bridgehead atoms. The molecule has 0 heterocycles. The second-order valence-electron chi connectivity index (χ2n) is 4.63. The molecule has 12 heteroatoms. The van der Waals surface area contributed by atoms with E-state index in [0.29, 0.717) is 0 Å². The molecule has 1 atom stereocenters. The average molecular weight is 431 g/mol. The molecule has 0 aromatic heterocycles. The molecule has 0 aliphatic heterocycles. The maximum Gasteiger partial charge on any atom is 0.527 e. The van der Waals surface area contributed by atoms with Gasteiger partial charge in [-0.15, -0.1) is 4.20 Å². The Morgan fingerprint density at radius 1 is 1.22 bits per heavy atom. The molecule has 0 fully saturated rings. The summed E-state index contributed by atoms with van der Waals surface area (Å²) in [7, 11) is -1.69. The summed E-state index contributed by atoms with van der Waals surface area (Å²) in [6.45, 7) is 9.10. The van der Waals surface area contributed by atoms with E-state index in [1.807, 2.05) is 11.8 Å². The minimum atomic E-state index is -4.90. The third-order valence-corrected chi connectivity index (χ3v) is 9.89. The lowest BCUT2D eigenvalue weighted by Gasteiger charge is -2.28. The van der Waals surface area contributed by atoms with E-state index in [1.54, 1.807) is 53.3 Å². The number of thioether (sulfide) groups is 1. The van der Waals surface area contributed by atoms with Crippen molar-refractivity contribution in [3.63, 3.8) is 0 Å². The maximum absolute atomic E-state index is 12.2. The van der Waals surface area contributed by atoms with Crippen LogP contribution in [0, 0.1) is 0 Å². The van der Waals surface area contributed by atoms with Crippen molar-refractivity contribution < 1.29 is 27.3 Å². The van der Waals surface area contributed by atoms with Crippen LogP contribution in [0.25, 0.3) is 0 Å². The Balaban J connectivity index is 0.